The summed E-state index contributed by atoms with van der Waals surface area (Å²) in [6, 6.07) is 8.28. The van der Waals surface area contributed by atoms with Gasteiger partial charge in [0.2, 0.25) is 5.91 Å². The van der Waals surface area contributed by atoms with E-state index in [1.54, 1.807) is 0 Å². The molecule has 1 saturated carbocycles. The molecule has 1 heterocycles. The summed E-state index contributed by atoms with van der Waals surface area (Å²) in [4.78, 5) is 12.5. The predicted octanol–water partition coefficient (Wildman–Crippen LogP) is 3.26. The molecular weight excluding hydrogens is 312 g/mol. The molecule has 1 aliphatic carbocycles. The van der Waals surface area contributed by atoms with E-state index in [1.807, 2.05) is 19.1 Å². The van der Waals surface area contributed by atoms with Crippen LogP contribution in [0.25, 0.3) is 0 Å². The van der Waals surface area contributed by atoms with Gasteiger partial charge in [-0.2, -0.15) is 0 Å². The van der Waals surface area contributed by atoms with Crippen molar-refractivity contribution in [1.29, 1.82) is 0 Å². The van der Waals surface area contributed by atoms with E-state index in [-0.39, 0.29) is 23.3 Å². The Labute approximate surface area is 151 Å². The number of ether oxygens (including phenoxy) is 1. The third kappa shape index (κ3) is 4.35. The van der Waals surface area contributed by atoms with Crippen molar-refractivity contribution in [3.05, 3.63) is 29.8 Å². The van der Waals surface area contributed by atoms with E-state index in [9.17, 15) is 4.79 Å². The summed E-state index contributed by atoms with van der Waals surface area (Å²) in [5, 5.41) is 6.52. The number of rotatable bonds is 5. The van der Waals surface area contributed by atoms with Gasteiger partial charge in [-0.1, -0.05) is 32.9 Å². The minimum absolute atomic E-state index is 0.0224. The van der Waals surface area contributed by atoms with Crippen molar-refractivity contribution in [1.82, 2.24) is 10.6 Å². The van der Waals surface area contributed by atoms with Crippen LogP contribution in [0.2, 0.25) is 0 Å². The Morgan fingerprint density at radius 1 is 1.28 bits per heavy atom. The zero-order valence-electron chi connectivity index (χ0n) is 16.0. The van der Waals surface area contributed by atoms with E-state index in [4.69, 9.17) is 4.74 Å². The smallest absolute Gasteiger partial charge is 0.224 e. The lowest BCUT2D eigenvalue weighted by Crippen LogP contribution is -2.40. The standard InChI is InChI=1S/C21H32N2O2/c1-15(14-25-17-7-5-16(6-8-17)20(2,3)4)23-19(24)18-13-21(18)9-11-22-12-10-21/h5-8,15,18,22H,9-14H2,1-4H3,(H,23,24). The number of benzene rings is 1. The van der Waals surface area contributed by atoms with Crippen LogP contribution in [0.3, 0.4) is 0 Å². The minimum Gasteiger partial charge on any atom is -0.491 e. The molecule has 2 unspecified atom stereocenters. The van der Waals surface area contributed by atoms with E-state index >= 15 is 0 Å². The van der Waals surface area contributed by atoms with Gasteiger partial charge >= 0.3 is 0 Å². The van der Waals surface area contributed by atoms with E-state index < -0.39 is 0 Å². The SMILES string of the molecule is CC(COc1ccc(C(C)(C)C)cc1)NC(=O)C1CC12CCNCC2. The molecule has 3 rings (SSSR count). The first-order valence-corrected chi connectivity index (χ1v) is 9.55. The molecule has 2 fully saturated rings. The highest BCUT2D eigenvalue weighted by Crippen LogP contribution is 2.58. The number of piperidine rings is 1. The van der Waals surface area contributed by atoms with Crippen molar-refractivity contribution in [2.24, 2.45) is 11.3 Å². The molecule has 1 amide bonds. The van der Waals surface area contributed by atoms with Gasteiger partial charge in [0.1, 0.15) is 12.4 Å². The number of hydrogen-bond acceptors (Lipinski definition) is 3. The second kappa shape index (κ2) is 6.99. The van der Waals surface area contributed by atoms with Gasteiger partial charge in [-0.25, -0.2) is 0 Å². The monoisotopic (exact) mass is 344 g/mol. The zero-order valence-corrected chi connectivity index (χ0v) is 16.0. The average Bonchev–Trinajstić information content (AvgIpc) is 3.26. The Kier molecular flexibility index (Phi) is 5.10. The second-order valence-corrected chi connectivity index (χ2v) is 8.86. The molecule has 1 saturated heterocycles. The average molecular weight is 344 g/mol. The molecule has 2 atom stereocenters. The highest BCUT2D eigenvalue weighted by Gasteiger charge is 2.57. The molecule has 2 aliphatic rings. The van der Waals surface area contributed by atoms with Crippen LogP contribution in [0.5, 0.6) is 5.75 Å². The van der Waals surface area contributed by atoms with Crippen molar-refractivity contribution in [2.75, 3.05) is 19.7 Å². The van der Waals surface area contributed by atoms with E-state index in [0.717, 1.165) is 38.1 Å². The van der Waals surface area contributed by atoms with Gasteiger partial charge in [0.15, 0.2) is 0 Å². The Morgan fingerprint density at radius 3 is 2.52 bits per heavy atom. The Bertz CT molecular complexity index is 597. The van der Waals surface area contributed by atoms with E-state index in [1.165, 1.54) is 5.56 Å². The van der Waals surface area contributed by atoms with Gasteiger partial charge in [0.25, 0.3) is 0 Å². The molecular formula is C21H32N2O2. The minimum atomic E-state index is 0.0224. The van der Waals surface area contributed by atoms with Crippen molar-refractivity contribution in [3.63, 3.8) is 0 Å². The lowest BCUT2D eigenvalue weighted by molar-refractivity contribution is -0.124. The lowest BCUT2D eigenvalue weighted by atomic mass is 9.87. The molecule has 0 radical (unpaired) electrons. The Balaban J connectivity index is 1.44. The van der Waals surface area contributed by atoms with E-state index in [2.05, 4.69) is 43.5 Å². The maximum Gasteiger partial charge on any atom is 0.224 e. The van der Waals surface area contributed by atoms with Crippen LogP contribution >= 0.6 is 0 Å². The summed E-state index contributed by atoms with van der Waals surface area (Å²) in [6.07, 6.45) is 3.33. The summed E-state index contributed by atoms with van der Waals surface area (Å²) < 4.78 is 5.85. The first-order valence-electron chi connectivity index (χ1n) is 9.55. The largest absolute Gasteiger partial charge is 0.491 e. The molecule has 4 nitrogen and oxygen atoms in total. The Morgan fingerprint density at radius 2 is 1.92 bits per heavy atom. The van der Waals surface area contributed by atoms with Gasteiger partial charge in [-0.05, 0) is 67.8 Å². The molecule has 1 aromatic rings. The lowest BCUT2D eigenvalue weighted by Gasteiger charge is -2.24. The van der Waals surface area contributed by atoms with E-state index in [0.29, 0.717) is 12.0 Å². The van der Waals surface area contributed by atoms with Crippen LogP contribution in [0.15, 0.2) is 24.3 Å². The second-order valence-electron chi connectivity index (χ2n) is 8.86. The van der Waals surface area contributed by atoms with Gasteiger partial charge in [0.05, 0.1) is 6.04 Å². The summed E-state index contributed by atoms with van der Waals surface area (Å²) in [5.41, 5.74) is 1.73. The number of carbonyl (C=O) groups is 1. The summed E-state index contributed by atoms with van der Waals surface area (Å²) in [7, 11) is 0. The number of hydrogen-bond donors (Lipinski definition) is 2. The normalized spacial score (nSPS) is 23.1. The van der Waals surface area contributed by atoms with Gasteiger partial charge in [0, 0.05) is 5.92 Å². The third-order valence-electron chi connectivity index (χ3n) is 5.71. The molecule has 0 bridgehead atoms. The quantitative estimate of drug-likeness (QED) is 0.862. The molecule has 0 aromatic heterocycles. The highest BCUT2D eigenvalue weighted by atomic mass is 16.5. The first-order chi connectivity index (χ1) is 11.8. The molecule has 1 spiro atoms. The predicted molar refractivity (Wildman–Crippen MR) is 101 cm³/mol. The van der Waals surface area contributed by atoms with Gasteiger partial charge in [-0.3, -0.25) is 4.79 Å². The number of carbonyl (C=O) groups excluding carboxylic acids is 1. The van der Waals surface area contributed by atoms with Crippen LogP contribution in [0.1, 0.15) is 52.5 Å². The summed E-state index contributed by atoms with van der Waals surface area (Å²) in [6.45, 7) is 11.2. The van der Waals surface area contributed by atoms with Crippen LogP contribution in [-0.2, 0) is 10.2 Å². The third-order valence-corrected chi connectivity index (χ3v) is 5.71. The van der Waals surface area contributed by atoms with Crippen LogP contribution in [-0.4, -0.2) is 31.6 Å². The first kappa shape index (κ1) is 18.2. The van der Waals surface area contributed by atoms with Gasteiger partial charge < -0.3 is 15.4 Å². The molecule has 1 aliphatic heterocycles. The fraction of sp³-hybridized carbons (Fsp3) is 0.667. The van der Waals surface area contributed by atoms with Crippen LogP contribution in [0, 0.1) is 11.3 Å². The van der Waals surface area contributed by atoms with Crippen LogP contribution < -0.4 is 15.4 Å². The molecule has 4 heteroatoms. The fourth-order valence-corrected chi connectivity index (χ4v) is 3.85. The topological polar surface area (TPSA) is 50.4 Å². The summed E-state index contributed by atoms with van der Waals surface area (Å²) in [5.74, 6) is 1.28. The highest BCUT2D eigenvalue weighted by molar-refractivity contribution is 5.82. The van der Waals surface area contributed by atoms with Crippen molar-refractivity contribution >= 4 is 5.91 Å². The Hall–Kier alpha value is -1.55. The molecule has 25 heavy (non-hydrogen) atoms. The number of nitrogens with one attached hydrogen (secondary N) is 2. The fourth-order valence-electron chi connectivity index (χ4n) is 3.85. The van der Waals surface area contributed by atoms with Crippen molar-refractivity contribution in [2.45, 2.75) is 58.4 Å². The molecule has 1 aromatic carbocycles. The maximum absolute atomic E-state index is 12.5. The van der Waals surface area contributed by atoms with Crippen molar-refractivity contribution in [3.8, 4) is 5.75 Å². The molecule has 138 valence electrons. The molecule has 2 N–H and O–H groups in total. The zero-order chi connectivity index (χ0) is 18.1. The van der Waals surface area contributed by atoms with Gasteiger partial charge in [-0.15, -0.1) is 0 Å². The van der Waals surface area contributed by atoms with Crippen LogP contribution in [0.4, 0.5) is 0 Å². The van der Waals surface area contributed by atoms with Crippen molar-refractivity contribution < 1.29 is 9.53 Å². The number of amides is 1. The summed E-state index contributed by atoms with van der Waals surface area (Å²) >= 11 is 0. The maximum atomic E-state index is 12.5.